The first kappa shape index (κ1) is 23.7. The number of para-hydroxylation sites is 1. The van der Waals surface area contributed by atoms with Crippen molar-refractivity contribution in [3.05, 3.63) is 101 Å². The molecule has 0 spiro atoms. The highest BCUT2D eigenvalue weighted by Crippen LogP contribution is 2.44. The van der Waals surface area contributed by atoms with E-state index in [0.717, 1.165) is 17.2 Å². The van der Waals surface area contributed by atoms with Crippen LogP contribution in [0.25, 0.3) is 27.7 Å². The van der Waals surface area contributed by atoms with E-state index in [-0.39, 0.29) is 34.1 Å². The quantitative estimate of drug-likeness (QED) is 0.218. The van der Waals surface area contributed by atoms with Crippen LogP contribution in [0.2, 0.25) is 0 Å². The fraction of sp³-hybridized carbons (Fsp3) is 0.0690. The lowest BCUT2D eigenvalue weighted by molar-refractivity contribution is 0.0696. The number of carboxylic acid groups (broad SMARTS) is 1. The zero-order valence-corrected chi connectivity index (χ0v) is 20.0. The zero-order chi connectivity index (χ0) is 26.3. The zero-order valence-electron chi connectivity index (χ0n) is 20.0. The molecule has 0 unspecified atom stereocenters. The summed E-state index contributed by atoms with van der Waals surface area (Å²) in [6.45, 7) is 3.83. The Morgan fingerprint density at radius 3 is 2.32 bits per heavy atom. The van der Waals surface area contributed by atoms with E-state index < -0.39 is 11.8 Å². The van der Waals surface area contributed by atoms with Crippen molar-refractivity contribution in [2.24, 2.45) is 10.2 Å². The fourth-order valence-electron chi connectivity index (χ4n) is 4.46. The molecule has 8 heteroatoms. The summed E-state index contributed by atoms with van der Waals surface area (Å²) < 4.78 is 16.0. The first-order valence-corrected chi connectivity index (χ1v) is 11.4. The number of azo groups is 1. The number of phenols is 1. The van der Waals surface area contributed by atoms with Crippen LogP contribution in [0.5, 0.6) is 11.6 Å². The number of halogens is 1. The molecule has 184 valence electrons. The Bertz CT molecular complexity index is 1700. The maximum atomic E-state index is 14.6. The van der Waals surface area contributed by atoms with E-state index in [1.165, 1.54) is 22.8 Å². The molecule has 0 aliphatic heterocycles. The van der Waals surface area contributed by atoms with Gasteiger partial charge in [0.25, 0.3) is 0 Å². The first-order valence-electron chi connectivity index (χ1n) is 11.4. The number of aromatic nitrogens is 1. The molecule has 0 fully saturated rings. The van der Waals surface area contributed by atoms with Gasteiger partial charge in [0.05, 0.1) is 11.1 Å². The van der Waals surface area contributed by atoms with Gasteiger partial charge in [0.1, 0.15) is 11.5 Å². The summed E-state index contributed by atoms with van der Waals surface area (Å²) in [5.41, 5.74) is 3.88. The highest BCUT2D eigenvalue weighted by molar-refractivity contribution is 5.97. The highest BCUT2D eigenvalue weighted by atomic mass is 19.1. The van der Waals surface area contributed by atoms with Crippen molar-refractivity contribution in [1.82, 2.24) is 4.57 Å². The number of fused-ring (bicyclic) bond motifs is 1. The topological polar surface area (TPSA) is 107 Å². The van der Waals surface area contributed by atoms with E-state index >= 15 is 0 Å². The molecular weight excluding hydrogens is 473 g/mol. The summed E-state index contributed by atoms with van der Waals surface area (Å²) in [5, 5.41) is 40.3. The third-order valence-corrected chi connectivity index (χ3v) is 6.02. The molecule has 0 bridgehead atoms. The van der Waals surface area contributed by atoms with E-state index in [9.17, 15) is 24.5 Å². The summed E-state index contributed by atoms with van der Waals surface area (Å²) in [4.78, 5) is 11.5. The summed E-state index contributed by atoms with van der Waals surface area (Å²) in [6.07, 6.45) is 0. The maximum Gasteiger partial charge on any atom is 0.335 e. The van der Waals surface area contributed by atoms with Gasteiger partial charge in [-0.15, -0.1) is 10.2 Å². The van der Waals surface area contributed by atoms with Crippen LogP contribution in [0.4, 0.5) is 15.8 Å². The Labute approximate surface area is 211 Å². The molecule has 5 aromatic rings. The van der Waals surface area contributed by atoms with Crippen molar-refractivity contribution in [2.45, 2.75) is 13.8 Å². The number of carboxylic acids is 1. The number of hydrogen-bond acceptors (Lipinski definition) is 5. The molecule has 0 atom stereocenters. The second kappa shape index (κ2) is 9.23. The standard InChI is InChI=1S/C29H22FN3O4/c1-16-10-17(2)12-19(11-16)23-14-20(30)15-24(27(23)34)31-32-26-22-8-3-4-9-25(22)33(28(26)35)21-7-5-6-18(13-21)29(36)37/h3-15,34-35H,1-2H3,(H,36,37). The van der Waals surface area contributed by atoms with E-state index in [4.69, 9.17) is 0 Å². The van der Waals surface area contributed by atoms with Gasteiger partial charge in [0, 0.05) is 22.7 Å². The molecule has 0 saturated carbocycles. The molecule has 37 heavy (non-hydrogen) atoms. The number of aryl methyl sites for hydroxylation is 2. The Balaban J connectivity index is 1.64. The number of aromatic hydroxyl groups is 2. The molecule has 3 N–H and O–H groups in total. The van der Waals surface area contributed by atoms with Crippen LogP contribution in [0.15, 0.2) is 89.1 Å². The molecule has 5 rings (SSSR count). The van der Waals surface area contributed by atoms with Gasteiger partial charge in [-0.1, -0.05) is 53.6 Å². The van der Waals surface area contributed by atoms with E-state index in [0.29, 0.717) is 22.2 Å². The van der Waals surface area contributed by atoms with Crippen molar-refractivity contribution in [3.8, 4) is 28.4 Å². The van der Waals surface area contributed by atoms with Crippen LogP contribution >= 0.6 is 0 Å². The molecule has 0 saturated heterocycles. The minimum atomic E-state index is -1.10. The van der Waals surface area contributed by atoms with Crippen molar-refractivity contribution < 1.29 is 24.5 Å². The number of phenolic OH excluding ortho intramolecular Hbond substituents is 1. The predicted molar refractivity (Wildman–Crippen MR) is 139 cm³/mol. The molecular formula is C29H22FN3O4. The van der Waals surface area contributed by atoms with Crippen LogP contribution in [-0.4, -0.2) is 25.9 Å². The molecule has 4 aromatic carbocycles. The van der Waals surface area contributed by atoms with E-state index in [1.54, 1.807) is 36.4 Å². The van der Waals surface area contributed by atoms with Gasteiger partial charge >= 0.3 is 5.97 Å². The number of nitrogens with zero attached hydrogens (tertiary/aromatic N) is 3. The average Bonchev–Trinajstić information content (AvgIpc) is 3.14. The minimum absolute atomic E-state index is 0.0569. The second-order valence-corrected chi connectivity index (χ2v) is 8.78. The van der Waals surface area contributed by atoms with Gasteiger partial charge in [-0.25, -0.2) is 9.18 Å². The Morgan fingerprint density at radius 2 is 1.59 bits per heavy atom. The largest absolute Gasteiger partial charge is 0.505 e. The second-order valence-electron chi connectivity index (χ2n) is 8.78. The van der Waals surface area contributed by atoms with E-state index in [1.807, 2.05) is 32.0 Å². The van der Waals surface area contributed by atoms with Gasteiger partial charge < -0.3 is 15.3 Å². The number of carbonyl (C=O) groups is 1. The summed E-state index contributed by atoms with van der Waals surface area (Å²) in [5.74, 6) is -2.22. The first-order chi connectivity index (χ1) is 17.7. The molecule has 1 aromatic heterocycles. The highest BCUT2D eigenvalue weighted by Gasteiger charge is 2.19. The van der Waals surface area contributed by atoms with Crippen molar-refractivity contribution in [2.75, 3.05) is 0 Å². The Kier molecular flexibility index (Phi) is 5.93. The molecule has 7 nitrogen and oxygen atoms in total. The van der Waals surface area contributed by atoms with Crippen LogP contribution in [0.1, 0.15) is 21.5 Å². The molecule has 0 radical (unpaired) electrons. The third-order valence-electron chi connectivity index (χ3n) is 6.02. The van der Waals surface area contributed by atoms with Crippen molar-refractivity contribution in [1.29, 1.82) is 0 Å². The van der Waals surface area contributed by atoms with Gasteiger partial charge in [0.2, 0.25) is 5.88 Å². The molecule has 0 aliphatic rings. The van der Waals surface area contributed by atoms with Crippen LogP contribution in [-0.2, 0) is 0 Å². The van der Waals surface area contributed by atoms with Gasteiger partial charge in [-0.05, 0) is 49.7 Å². The SMILES string of the molecule is Cc1cc(C)cc(-c2cc(F)cc(N=Nc3c(O)n(-c4cccc(C(=O)O)c4)c4ccccc34)c2O)c1. The average molecular weight is 496 g/mol. The molecule has 1 heterocycles. The van der Waals surface area contributed by atoms with Gasteiger partial charge in [-0.2, -0.15) is 0 Å². The van der Waals surface area contributed by atoms with E-state index in [2.05, 4.69) is 10.2 Å². The minimum Gasteiger partial charge on any atom is -0.505 e. The smallest absolute Gasteiger partial charge is 0.335 e. The normalized spacial score (nSPS) is 11.4. The summed E-state index contributed by atoms with van der Waals surface area (Å²) in [6, 6.07) is 21.1. The van der Waals surface area contributed by atoms with Crippen LogP contribution in [0.3, 0.4) is 0 Å². The summed E-state index contributed by atoms with van der Waals surface area (Å²) >= 11 is 0. The maximum absolute atomic E-state index is 14.6. The number of hydrogen-bond donors (Lipinski definition) is 3. The van der Waals surface area contributed by atoms with Gasteiger partial charge in [0.15, 0.2) is 11.4 Å². The molecule has 0 aliphatic carbocycles. The van der Waals surface area contributed by atoms with Crippen molar-refractivity contribution >= 4 is 28.2 Å². The number of rotatable bonds is 5. The predicted octanol–water partition coefficient (Wildman–Crippen LogP) is 7.58. The van der Waals surface area contributed by atoms with Gasteiger partial charge in [-0.3, -0.25) is 4.57 Å². The lowest BCUT2D eigenvalue weighted by Gasteiger charge is -2.09. The molecule has 0 amide bonds. The Hall–Kier alpha value is -4.98. The van der Waals surface area contributed by atoms with Crippen molar-refractivity contribution in [3.63, 3.8) is 0 Å². The monoisotopic (exact) mass is 495 g/mol. The fourth-order valence-corrected chi connectivity index (χ4v) is 4.46. The number of aromatic carboxylic acids is 1. The lowest BCUT2D eigenvalue weighted by Crippen LogP contribution is -1.99. The van der Waals surface area contributed by atoms with Crippen LogP contribution < -0.4 is 0 Å². The third kappa shape index (κ3) is 4.40. The summed E-state index contributed by atoms with van der Waals surface area (Å²) in [7, 11) is 0. The van der Waals surface area contributed by atoms with Crippen LogP contribution in [0, 0.1) is 19.7 Å². The lowest BCUT2D eigenvalue weighted by atomic mass is 9.99. The Morgan fingerprint density at radius 1 is 0.865 bits per heavy atom. The number of benzene rings is 4.